The Kier molecular flexibility index (Phi) is 2.24. The normalized spacial score (nSPS) is 11.4. The van der Waals surface area contributed by atoms with E-state index in [1.807, 2.05) is 24.3 Å². The molecule has 0 atom stereocenters. The molecule has 0 aliphatic rings. The van der Waals surface area contributed by atoms with Gasteiger partial charge in [0.15, 0.2) is 0 Å². The molecule has 0 heterocycles. The summed E-state index contributed by atoms with van der Waals surface area (Å²) in [6.07, 6.45) is 0. The third-order valence-electron chi connectivity index (χ3n) is 3.70. The van der Waals surface area contributed by atoms with Crippen LogP contribution in [0.5, 0.6) is 5.75 Å². The van der Waals surface area contributed by atoms with Gasteiger partial charge in [0.2, 0.25) is 13.7 Å². The first kappa shape index (κ1) is 11.3. The highest BCUT2D eigenvalue weighted by Gasteiger charge is 2.11. The second kappa shape index (κ2) is 3.97. The number of carbonyl (C=O) groups excluding carboxylic acids is 1. The highest BCUT2D eigenvalue weighted by molar-refractivity contribution is 6.55. The topological polar surface area (TPSA) is 26.3 Å². The maximum atomic E-state index is 11.0. The lowest BCUT2D eigenvalue weighted by Gasteiger charge is -2.13. The number of ether oxygens (including phenoxy) is 1. The van der Waals surface area contributed by atoms with Crippen LogP contribution >= 0.6 is 0 Å². The molecule has 20 heavy (non-hydrogen) atoms. The summed E-state index contributed by atoms with van der Waals surface area (Å²) < 4.78 is 5.11. The van der Waals surface area contributed by atoms with Crippen LogP contribution in [0.15, 0.2) is 54.6 Å². The minimum absolute atomic E-state index is 0.503. The van der Waals surface area contributed by atoms with Crippen LogP contribution in [0.2, 0.25) is 0 Å². The van der Waals surface area contributed by atoms with Crippen molar-refractivity contribution in [1.29, 1.82) is 0 Å². The van der Waals surface area contributed by atoms with Crippen molar-refractivity contribution in [3.8, 4) is 5.75 Å². The van der Waals surface area contributed by atoms with E-state index in [1.165, 1.54) is 16.2 Å². The Morgan fingerprint density at radius 3 is 2.10 bits per heavy atom. The van der Waals surface area contributed by atoms with Crippen molar-refractivity contribution >= 4 is 46.0 Å². The van der Waals surface area contributed by atoms with Crippen LogP contribution in [0.25, 0.3) is 32.3 Å². The summed E-state index contributed by atoms with van der Waals surface area (Å²) >= 11 is 0. The van der Waals surface area contributed by atoms with Gasteiger partial charge in [-0.1, -0.05) is 42.5 Å². The predicted octanol–water partition coefficient (Wildman–Crippen LogP) is 4.25. The van der Waals surface area contributed by atoms with E-state index in [4.69, 9.17) is 12.6 Å². The van der Waals surface area contributed by atoms with Crippen LogP contribution in [0.4, 0.5) is 4.79 Å². The number of hydrogen-bond donors (Lipinski definition) is 0. The van der Waals surface area contributed by atoms with Crippen LogP contribution in [0.1, 0.15) is 0 Å². The van der Waals surface area contributed by atoms with E-state index < -0.39 is 5.87 Å². The first-order chi connectivity index (χ1) is 9.74. The van der Waals surface area contributed by atoms with E-state index in [0.717, 1.165) is 16.2 Å². The molecule has 0 aliphatic carbocycles. The van der Waals surface area contributed by atoms with Crippen LogP contribution in [0.3, 0.4) is 0 Å². The summed E-state index contributed by atoms with van der Waals surface area (Å²) in [5.74, 6) is -0.289. The zero-order valence-corrected chi connectivity index (χ0v) is 10.6. The molecule has 2 radical (unpaired) electrons. The molecule has 4 rings (SSSR count). The van der Waals surface area contributed by atoms with E-state index in [1.54, 1.807) is 6.07 Å². The average molecular weight is 256 g/mol. The van der Waals surface area contributed by atoms with Crippen molar-refractivity contribution in [2.45, 2.75) is 0 Å². The molecular formula is C17H9BO2. The monoisotopic (exact) mass is 256 g/mol. The van der Waals surface area contributed by atoms with Gasteiger partial charge in [-0.2, -0.15) is 0 Å². The molecule has 2 nitrogen and oxygen atoms in total. The second-order valence-electron chi connectivity index (χ2n) is 4.84. The van der Waals surface area contributed by atoms with Crippen molar-refractivity contribution in [3.63, 3.8) is 0 Å². The quantitative estimate of drug-likeness (QED) is 0.376. The molecule has 0 saturated carbocycles. The van der Waals surface area contributed by atoms with Crippen molar-refractivity contribution in [2.75, 3.05) is 0 Å². The van der Waals surface area contributed by atoms with E-state index in [2.05, 4.69) is 24.3 Å². The molecule has 4 aromatic carbocycles. The zero-order chi connectivity index (χ0) is 13.7. The third-order valence-corrected chi connectivity index (χ3v) is 3.70. The molecule has 0 unspecified atom stereocenters. The van der Waals surface area contributed by atoms with Crippen LogP contribution in [-0.2, 0) is 0 Å². The Balaban J connectivity index is 2.23. The average Bonchev–Trinajstić information content (AvgIpc) is 2.46. The van der Waals surface area contributed by atoms with Gasteiger partial charge < -0.3 is 4.74 Å². The van der Waals surface area contributed by atoms with Gasteiger partial charge in [-0.25, -0.2) is 0 Å². The van der Waals surface area contributed by atoms with E-state index in [-0.39, 0.29) is 0 Å². The second-order valence-corrected chi connectivity index (χ2v) is 4.84. The Morgan fingerprint density at radius 1 is 0.800 bits per heavy atom. The van der Waals surface area contributed by atoms with Gasteiger partial charge in [-0.3, -0.25) is 4.79 Å². The Morgan fingerprint density at radius 2 is 1.40 bits per heavy atom. The maximum Gasteiger partial charge on any atom is 0.241 e. The molecule has 0 aromatic heterocycles. The third kappa shape index (κ3) is 1.50. The van der Waals surface area contributed by atoms with Gasteiger partial charge >= 0.3 is 0 Å². The SMILES string of the molecule is [B]C(=O)Oc1ccc2ccc3cccc4ccc1c2c34. The fraction of sp³-hybridized carbons (Fsp3) is 0. The smallest absolute Gasteiger partial charge is 0.241 e. The lowest BCUT2D eigenvalue weighted by Crippen LogP contribution is -2.04. The highest BCUT2D eigenvalue weighted by Crippen LogP contribution is 2.38. The van der Waals surface area contributed by atoms with Gasteiger partial charge in [0.05, 0.1) is 0 Å². The molecule has 3 heteroatoms. The molecule has 0 amide bonds. The lowest BCUT2D eigenvalue weighted by molar-refractivity contribution is 0.226. The van der Waals surface area contributed by atoms with Gasteiger partial charge in [-0.15, -0.1) is 0 Å². The number of carbonyl (C=O) groups is 1. The van der Waals surface area contributed by atoms with Crippen molar-refractivity contribution in [2.24, 2.45) is 0 Å². The minimum atomic E-state index is -0.792. The number of rotatable bonds is 1. The summed E-state index contributed by atoms with van der Waals surface area (Å²) in [6, 6.07) is 18.2. The predicted molar refractivity (Wildman–Crippen MR) is 81.9 cm³/mol. The molecule has 0 N–H and O–H groups in total. The summed E-state index contributed by atoms with van der Waals surface area (Å²) in [7, 11) is 5.13. The maximum absolute atomic E-state index is 11.0. The molecular weight excluding hydrogens is 247 g/mol. The van der Waals surface area contributed by atoms with E-state index >= 15 is 0 Å². The summed E-state index contributed by atoms with van der Waals surface area (Å²) in [6.45, 7) is 0. The van der Waals surface area contributed by atoms with Crippen molar-refractivity contribution < 1.29 is 9.53 Å². The molecule has 0 aliphatic heterocycles. The highest BCUT2D eigenvalue weighted by atomic mass is 16.5. The lowest BCUT2D eigenvalue weighted by atomic mass is 9.94. The van der Waals surface area contributed by atoms with Gasteiger partial charge in [0.1, 0.15) is 5.75 Å². The number of hydrogen-bond acceptors (Lipinski definition) is 2. The number of benzene rings is 4. The molecule has 0 spiro atoms. The molecule has 4 aromatic rings. The zero-order valence-electron chi connectivity index (χ0n) is 10.6. The Hall–Kier alpha value is -2.55. The molecule has 0 bridgehead atoms. The largest absolute Gasteiger partial charge is 0.435 e. The standard InChI is InChI=1S/C17H9BO2/c18-17(19)20-14-9-7-12-5-4-10-2-1-3-11-6-8-13(14)16(12)15(10)11/h1-9H. The van der Waals surface area contributed by atoms with Crippen molar-refractivity contribution in [3.05, 3.63) is 54.6 Å². The Labute approximate surface area is 116 Å². The minimum Gasteiger partial charge on any atom is -0.435 e. The molecule has 0 saturated heterocycles. The molecule has 0 fully saturated rings. The fourth-order valence-corrected chi connectivity index (χ4v) is 2.91. The first-order valence-corrected chi connectivity index (χ1v) is 6.38. The molecule has 92 valence electrons. The summed E-state index contributed by atoms with van der Waals surface area (Å²) in [4.78, 5) is 11.0. The van der Waals surface area contributed by atoms with E-state index in [9.17, 15) is 4.79 Å². The van der Waals surface area contributed by atoms with E-state index in [0.29, 0.717) is 5.75 Å². The fourth-order valence-electron chi connectivity index (χ4n) is 2.91. The van der Waals surface area contributed by atoms with Crippen LogP contribution in [-0.4, -0.2) is 13.7 Å². The van der Waals surface area contributed by atoms with Crippen LogP contribution < -0.4 is 4.74 Å². The van der Waals surface area contributed by atoms with Crippen LogP contribution in [0, 0.1) is 0 Å². The summed E-state index contributed by atoms with van der Waals surface area (Å²) in [5.41, 5.74) is 0. The van der Waals surface area contributed by atoms with Gasteiger partial charge in [0, 0.05) is 10.8 Å². The first-order valence-electron chi connectivity index (χ1n) is 6.38. The van der Waals surface area contributed by atoms with Gasteiger partial charge in [0.25, 0.3) is 0 Å². The Bertz CT molecular complexity index is 943. The van der Waals surface area contributed by atoms with Gasteiger partial charge in [-0.05, 0) is 33.7 Å². The summed E-state index contributed by atoms with van der Waals surface area (Å²) in [5, 5.41) is 6.69. The van der Waals surface area contributed by atoms with Crippen molar-refractivity contribution in [1.82, 2.24) is 0 Å².